The van der Waals surface area contributed by atoms with Crippen molar-refractivity contribution in [2.45, 2.75) is 118 Å². The van der Waals surface area contributed by atoms with Crippen molar-refractivity contribution in [3.05, 3.63) is 112 Å². The van der Waals surface area contributed by atoms with Crippen LogP contribution in [0.15, 0.2) is 94.9 Å². The van der Waals surface area contributed by atoms with Gasteiger partial charge < -0.3 is 28.6 Å². The number of nitrogens with zero attached hydrogens (tertiary/aromatic N) is 2. The smallest absolute Gasteiger partial charge is 0.444 e. The maximum atomic E-state index is 12.2. The van der Waals surface area contributed by atoms with Crippen molar-refractivity contribution in [2.24, 2.45) is 0 Å². The molecular weight excluding hydrogens is 791 g/mol. The van der Waals surface area contributed by atoms with E-state index in [1.807, 2.05) is 75.3 Å². The summed E-state index contributed by atoms with van der Waals surface area (Å²) in [6.07, 6.45) is 5.28. The zero-order chi connectivity index (χ0) is 42.6. The molecule has 4 aromatic carbocycles. The lowest BCUT2D eigenvalue weighted by atomic mass is 9.75. The number of benzene rings is 4. The molecule has 0 atom stereocenters. The molecule has 310 valence electrons. The Morgan fingerprint density at radius 3 is 1.55 bits per heavy atom. The first-order valence-corrected chi connectivity index (χ1v) is 21.2. The summed E-state index contributed by atoms with van der Waals surface area (Å²) in [5, 5.41) is 5.20. The largest absolute Gasteiger partial charge is 0.490 e. The lowest BCUT2D eigenvalue weighted by Crippen LogP contribution is -2.41. The third kappa shape index (κ3) is 11.3. The first kappa shape index (κ1) is 45.0. The lowest BCUT2D eigenvalue weighted by Gasteiger charge is -2.32. The van der Waals surface area contributed by atoms with Crippen LogP contribution in [0, 0.1) is 13.8 Å². The van der Waals surface area contributed by atoms with E-state index in [4.69, 9.17) is 18.8 Å². The van der Waals surface area contributed by atoms with Gasteiger partial charge in [-0.1, -0.05) is 94.8 Å². The Morgan fingerprint density at radius 1 is 0.638 bits per heavy atom. The van der Waals surface area contributed by atoms with Gasteiger partial charge in [-0.25, -0.2) is 9.59 Å². The van der Waals surface area contributed by atoms with Crippen molar-refractivity contribution in [3.63, 3.8) is 0 Å². The van der Waals surface area contributed by atoms with E-state index in [1.165, 1.54) is 48.3 Å². The van der Waals surface area contributed by atoms with Crippen LogP contribution in [-0.2, 0) is 18.8 Å². The quantitative estimate of drug-likeness (QED) is 0.187. The van der Waals surface area contributed by atoms with Crippen LogP contribution in [0.25, 0.3) is 27.1 Å². The Morgan fingerprint density at radius 2 is 1.09 bits per heavy atom. The molecule has 2 amide bonds. The van der Waals surface area contributed by atoms with Crippen molar-refractivity contribution >= 4 is 62.4 Å². The Bertz CT molecular complexity index is 2120. The highest BCUT2D eigenvalue weighted by molar-refractivity contribution is 9.10. The molecule has 0 bridgehead atoms. The van der Waals surface area contributed by atoms with Gasteiger partial charge in [-0.05, 0) is 151 Å². The maximum Gasteiger partial charge on any atom is 0.490 e. The summed E-state index contributed by atoms with van der Waals surface area (Å²) in [6, 6.07) is 25.5. The van der Waals surface area contributed by atoms with Crippen LogP contribution in [-0.4, -0.2) is 77.7 Å². The Kier molecular flexibility index (Phi) is 14.0. The molecule has 58 heavy (non-hydrogen) atoms. The maximum absolute atomic E-state index is 12.2. The second-order valence-corrected chi connectivity index (χ2v) is 19.2. The molecular formula is C48H62BBrN2O6. The number of ether oxygens (including phenoxy) is 2. The van der Waals surface area contributed by atoms with Crippen molar-refractivity contribution in [1.29, 1.82) is 0 Å². The fourth-order valence-electron chi connectivity index (χ4n) is 6.97. The Balaban J connectivity index is 0.000000174. The number of amides is 2. The molecule has 4 aromatic rings. The van der Waals surface area contributed by atoms with E-state index in [-0.39, 0.29) is 30.5 Å². The minimum absolute atomic E-state index is 0.230. The standard InChI is InChI=1S/C21H25NO2.C16H28BNO4.C11H9Br/c1-15-7-5-10-19-17(15)8-6-9-18(19)16-11-13-22(14-12-16)20(23)24-21(2,3)4;1-14(2,3)20-13(19)18-10-8-12(9-11-18)17-21-15(4,5)16(6,7)22-17;1-8-4-2-6-10-9(8)5-3-7-11(10)12/h5-11H,12-14H2,1-4H3;8H,9-11H2,1-7H3;2-7H,1H3. The zero-order valence-corrected chi connectivity index (χ0v) is 38.2. The molecule has 3 aliphatic heterocycles. The monoisotopic (exact) mass is 852 g/mol. The van der Waals surface area contributed by atoms with E-state index in [0.717, 1.165) is 18.3 Å². The molecule has 8 nitrogen and oxygen atoms in total. The first-order valence-electron chi connectivity index (χ1n) is 20.4. The lowest BCUT2D eigenvalue weighted by molar-refractivity contribution is 0.00578. The second kappa shape index (κ2) is 18.0. The molecule has 0 aromatic heterocycles. The fourth-order valence-corrected chi connectivity index (χ4v) is 7.47. The predicted octanol–water partition coefficient (Wildman–Crippen LogP) is 12.3. The topological polar surface area (TPSA) is 77.5 Å². The average Bonchev–Trinajstić information content (AvgIpc) is 3.37. The molecule has 0 saturated carbocycles. The summed E-state index contributed by atoms with van der Waals surface area (Å²) in [6.45, 7) is 26.2. The van der Waals surface area contributed by atoms with Crippen molar-refractivity contribution in [2.75, 3.05) is 26.2 Å². The number of carbonyl (C=O) groups excluding carboxylic acids is 2. The van der Waals surface area contributed by atoms with Crippen LogP contribution in [0.5, 0.6) is 0 Å². The number of rotatable bonds is 2. The first-order chi connectivity index (χ1) is 27.0. The van der Waals surface area contributed by atoms with E-state index in [0.29, 0.717) is 26.2 Å². The highest BCUT2D eigenvalue weighted by Gasteiger charge is 2.52. The Labute approximate surface area is 355 Å². The van der Waals surface area contributed by atoms with Gasteiger partial charge in [0.1, 0.15) is 11.2 Å². The average molecular weight is 854 g/mol. The highest BCUT2D eigenvalue weighted by atomic mass is 79.9. The second-order valence-electron chi connectivity index (χ2n) is 18.3. The molecule has 3 heterocycles. The normalized spacial score (nSPS) is 17.7. The van der Waals surface area contributed by atoms with Crippen LogP contribution >= 0.6 is 15.9 Å². The van der Waals surface area contributed by atoms with Gasteiger partial charge in [0.25, 0.3) is 0 Å². The summed E-state index contributed by atoms with van der Waals surface area (Å²) in [5.74, 6) is 0. The summed E-state index contributed by atoms with van der Waals surface area (Å²) >= 11 is 3.53. The molecule has 1 saturated heterocycles. The molecule has 0 spiro atoms. The van der Waals surface area contributed by atoms with E-state index in [1.54, 1.807) is 9.80 Å². The van der Waals surface area contributed by atoms with Crippen LogP contribution in [0.2, 0.25) is 0 Å². The number of hydrogen-bond donors (Lipinski definition) is 0. The van der Waals surface area contributed by atoms with Crippen LogP contribution < -0.4 is 0 Å². The van der Waals surface area contributed by atoms with E-state index in [9.17, 15) is 9.59 Å². The van der Waals surface area contributed by atoms with Gasteiger partial charge in [-0.2, -0.15) is 0 Å². The van der Waals surface area contributed by atoms with E-state index >= 15 is 0 Å². The molecule has 3 aliphatic rings. The summed E-state index contributed by atoms with van der Waals surface area (Å²) in [4.78, 5) is 27.7. The molecule has 7 rings (SSSR count). The third-order valence-electron chi connectivity index (χ3n) is 10.9. The number of fused-ring (bicyclic) bond motifs is 2. The van der Waals surface area contributed by atoms with Crippen molar-refractivity contribution < 1.29 is 28.4 Å². The van der Waals surface area contributed by atoms with Crippen LogP contribution in [0.4, 0.5) is 9.59 Å². The molecule has 1 fully saturated rings. The summed E-state index contributed by atoms with van der Waals surface area (Å²) in [7, 11) is -0.314. The number of halogens is 1. The molecule has 0 unspecified atom stereocenters. The van der Waals surface area contributed by atoms with Crippen molar-refractivity contribution in [3.8, 4) is 0 Å². The van der Waals surface area contributed by atoms with Gasteiger partial charge in [-0.3, -0.25) is 0 Å². The zero-order valence-electron chi connectivity index (χ0n) is 36.6. The third-order valence-corrected chi connectivity index (χ3v) is 11.6. The van der Waals surface area contributed by atoms with Crippen LogP contribution in [0.1, 0.15) is 98.8 Å². The summed E-state index contributed by atoms with van der Waals surface area (Å²) in [5.41, 5.74) is 4.74. The highest BCUT2D eigenvalue weighted by Crippen LogP contribution is 2.39. The van der Waals surface area contributed by atoms with Gasteiger partial charge in [0.05, 0.1) is 11.2 Å². The van der Waals surface area contributed by atoms with Gasteiger partial charge in [-0.15, -0.1) is 0 Å². The van der Waals surface area contributed by atoms with Gasteiger partial charge in [0, 0.05) is 30.7 Å². The molecule has 0 N–H and O–H groups in total. The fraction of sp³-hybridized carbons (Fsp3) is 0.458. The number of carbonyl (C=O) groups is 2. The SMILES string of the molecule is CC(C)(C)OC(=O)N1CC=C(B2OC(C)(C)C(C)(C)O2)CC1.Cc1cccc2c(Br)cccc12.Cc1cccc2c(C3=CCN(C(=O)OC(C)(C)C)CC3)cccc12. The molecule has 0 radical (unpaired) electrons. The van der Waals surface area contributed by atoms with E-state index < -0.39 is 11.2 Å². The van der Waals surface area contributed by atoms with E-state index in [2.05, 4.69) is 109 Å². The minimum atomic E-state index is -0.465. The van der Waals surface area contributed by atoms with Gasteiger partial charge >= 0.3 is 19.3 Å². The number of aryl methyl sites for hydroxylation is 2. The minimum Gasteiger partial charge on any atom is -0.444 e. The predicted molar refractivity (Wildman–Crippen MR) is 242 cm³/mol. The van der Waals surface area contributed by atoms with Gasteiger partial charge in [0.2, 0.25) is 0 Å². The van der Waals surface area contributed by atoms with Gasteiger partial charge in [0.15, 0.2) is 0 Å². The molecule has 10 heteroatoms. The Hall–Kier alpha value is -4.12. The van der Waals surface area contributed by atoms with Crippen LogP contribution in [0.3, 0.4) is 0 Å². The summed E-state index contributed by atoms with van der Waals surface area (Å²) < 4.78 is 24.1. The molecule has 0 aliphatic carbocycles. The van der Waals surface area contributed by atoms with Crippen molar-refractivity contribution in [1.82, 2.24) is 9.80 Å². The number of hydrogen-bond acceptors (Lipinski definition) is 6.